The number of nitrogens with one attached hydrogen (secondary N) is 1. The summed E-state index contributed by atoms with van der Waals surface area (Å²) in [5, 5.41) is 1.31. The average Bonchev–Trinajstić information content (AvgIpc) is 2.94. The molecule has 1 saturated carbocycles. The molecule has 1 fully saturated rings. The van der Waals surface area contributed by atoms with Gasteiger partial charge in [-0.2, -0.15) is 0 Å². The number of para-hydroxylation sites is 1. The molecule has 0 radical (unpaired) electrons. The first-order chi connectivity index (χ1) is 8.27. The van der Waals surface area contributed by atoms with Gasteiger partial charge in [0.25, 0.3) is 0 Å². The third-order valence-electron chi connectivity index (χ3n) is 4.18. The Balaban J connectivity index is 2.06. The Kier molecular flexibility index (Phi) is 2.67. The number of aryl methyl sites for hydroxylation is 1. The van der Waals surface area contributed by atoms with Crippen LogP contribution in [0.1, 0.15) is 43.0 Å². The number of H-pyrrole nitrogens is 1. The van der Waals surface area contributed by atoms with Crippen molar-refractivity contribution >= 4 is 10.9 Å². The summed E-state index contributed by atoms with van der Waals surface area (Å²) in [5.41, 5.74) is 10.3. The van der Waals surface area contributed by atoms with Crippen LogP contribution in [-0.2, 0) is 0 Å². The van der Waals surface area contributed by atoms with Crippen LogP contribution in [-0.4, -0.2) is 4.98 Å². The van der Waals surface area contributed by atoms with E-state index < -0.39 is 0 Å². The number of benzene rings is 1. The molecule has 1 unspecified atom stereocenters. The molecule has 1 atom stereocenters. The smallest absolute Gasteiger partial charge is 0.0459 e. The first-order valence-electron chi connectivity index (χ1n) is 6.60. The zero-order valence-corrected chi connectivity index (χ0v) is 10.4. The van der Waals surface area contributed by atoms with Crippen molar-refractivity contribution in [1.82, 2.24) is 4.98 Å². The first kappa shape index (κ1) is 10.8. The minimum absolute atomic E-state index is 0.202. The van der Waals surface area contributed by atoms with Gasteiger partial charge in [0.05, 0.1) is 0 Å². The zero-order valence-electron chi connectivity index (χ0n) is 10.4. The number of aromatic amines is 1. The predicted molar refractivity (Wildman–Crippen MR) is 71.9 cm³/mol. The number of aromatic nitrogens is 1. The molecule has 17 heavy (non-hydrogen) atoms. The summed E-state index contributed by atoms with van der Waals surface area (Å²) in [4.78, 5) is 3.45. The maximum atomic E-state index is 6.49. The van der Waals surface area contributed by atoms with Crippen molar-refractivity contribution in [2.75, 3.05) is 0 Å². The van der Waals surface area contributed by atoms with E-state index in [1.165, 1.54) is 47.8 Å². The highest BCUT2D eigenvalue weighted by Crippen LogP contribution is 2.38. The Morgan fingerprint density at radius 1 is 1.24 bits per heavy atom. The maximum Gasteiger partial charge on any atom is 0.0459 e. The molecule has 2 aromatic rings. The lowest BCUT2D eigenvalue weighted by atomic mass is 9.91. The Labute approximate surface area is 102 Å². The van der Waals surface area contributed by atoms with Crippen LogP contribution in [0.15, 0.2) is 24.3 Å². The second-order valence-electron chi connectivity index (χ2n) is 5.28. The third-order valence-corrected chi connectivity index (χ3v) is 4.18. The van der Waals surface area contributed by atoms with Gasteiger partial charge in [-0.25, -0.2) is 0 Å². The summed E-state index contributed by atoms with van der Waals surface area (Å²) >= 11 is 0. The van der Waals surface area contributed by atoms with Crippen LogP contribution in [0.4, 0.5) is 0 Å². The third kappa shape index (κ3) is 1.77. The molecule has 90 valence electrons. The van der Waals surface area contributed by atoms with E-state index in [1.807, 2.05) is 0 Å². The Morgan fingerprint density at radius 3 is 2.71 bits per heavy atom. The molecule has 2 nitrogen and oxygen atoms in total. The van der Waals surface area contributed by atoms with Gasteiger partial charge in [-0.3, -0.25) is 0 Å². The van der Waals surface area contributed by atoms with Gasteiger partial charge in [-0.1, -0.05) is 31.0 Å². The van der Waals surface area contributed by atoms with Gasteiger partial charge in [0.15, 0.2) is 0 Å². The average molecular weight is 228 g/mol. The lowest BCUT2D eigenvalue weighted by molar-refractivity contribution is 0.445. The molecule has 3 N–H and O–H groups in total. The van der Waals surface area contributed by atoms with Gasteiger partial charge < -0.3 is 10.7 Å². The van der Waals surface area contributed by atoms with Crippen molar-refractivity contribution < 1.29 is 0 Å². The van der Waals surface area contributed by atoms with Gasteiger partial charge >= 0.3 is 0 Å². The van der Waals surface area contributed by atoms with E-state index in [1.54, 1.807) is 0 Å². The molecule has 1 aliphatic rings. The minimum Gasteiger partial charge on any atom is -0.358 e. The lowest BCUT2D eigenvalue weighted by Gasteiger charge is -2.19. The summed E-state index contributed by atoms with van der Waals surface area (Å²) in [5.74, 6) is 0.674. The number of hydrogen-bond donors (Lipinski definition) is 2. The number of fused-ring (bicyclic) bond motifs is 1. The van der Waals surface area contributed by atoms with Crippen LogP contribution >= 0.6 is 0 Å². The highest BCUT2D eigenvalue weighted by atomic mass is 14.8. The quantitative estimate of drug-likeness (QED) is 0.809. The topological polar surface area (TPSA) is 41.8 Å². The largest absolute Gasteiger partial charge is 0.358 e. The van der Waals surface area contributed by atoms with E-state index in [4.69, 9.17) is 5.73 Å². The number of rotatable bonds is 2. The van der Waals surface area contributed by atoms with Crippen molar-refractivity contribution in [2.24, 2.45) is 11.7 Å². The highest BCUT2D eigenvalue weighted by molar-refractivity contribution is 5.85. The Morgan fingerprint density at radius 2 is 1.94 bits per heavy atom. The van der Waals surface area contributed by atoms with Crippen LogP contribution < -0.4 is 5.73 Å². The van der Waals surface area contributed by atoms with Crippen molar-refractivity contribution in [3.8, 4) is 0 Å². The van der Waals surface area contributed by atoms with E-state index in [9.17, 15) is 0 Å². The molecule has 1 aromatic carbocycles. The van der Waals surface area contributed by atoms with E-state index in [0.29, 0.717) is 5.92 Å². The standard InChI is InChI=1S/C15H20N2/c1-10-14(15(16)11-6-2-3-7-11)12-8-4-5-9-13(12)17-10/h4-5,8-9,11,15,17H,2-3,6-7,16H2,1H3. The van der Waals surface area contributed by atoms with Crippen LogP contribution in [0.25, 0.3) is 10.9 Å². The zero-order chi connectivity index (χ0) is 11.8. The molecule has 2 heteroatoms. The van der Waals surface area contributed by atoms with Crippen LogP contribution in [0.5, 0.6) is 0 Å². The van der Waals surface area contributed by atoms with Gasteiger partial charge in [-0.05, 0) is 37.3 Å². The predicted octanol–water partition coefficient (Wildman–Crippen LogP) is 3.67. The molecule has 0 bridgehead atoms. The molecule has 1 aliphatic carbocycles. The Bertz CT molecular complexity index is 521. The minimum atomic E-state index is 0.202. The van der Waals surface area contributed by atoms with E-state index in [0.717, 1.165) is 0 Å². The normalized spacial score (nSPS) is 18.9. The van der Waals surface area contributed by atoms with E-state index >= 15 is 0 Å². The van der Waals surface area contributed by atoms with Gasteiger partial charge in [0.1, 0.15) is 0 Å². The Hall–Kier alpha value is -1.28. The number of nitrogens with two attached hydrogens (primary N) is 1. The second-order valence-corrected chi connectivity index (χ2v) is 5.28. The van der Waals surface area contributed by atoms with E-state index in [2.05, 4.69) is 36.2 Å². The van der Waals surface area contributed by atoms with Gasteiger partial charge in [0.2, 0.25) is 0 Å². The summed E-state index contributed by atoms with van der Waals surface area (Å²) in [6.07, 6.45) is 5.28. The van der Waals surface area contributed by atoms with Gasteiger partial charge in [-0.15, -0.1) is 0 Å². The van der Waals surface area contributed by atoms with Crippen molar-refractivity contribution in [2.45, 2.75) is 38.6 Å². The van der Waals surface area contributed by atoms with Crippen molar-refractivity contribution in [3.05, 3.63) is 35.5 Å². The monoisotopic (exact) mass is 228 g/mol. The molecular weight excluding hydrogens is 208 g/mol. The lowest BCUT2D eigenvalue weighted by Crippen LogP contribution is -2.19. The second kappa shape index (κ2) is 4.19. The van der Waals surface area contributed by atoms with Crippen molar-refractivity contribution in [1.29, 1.82) is 0 Å². The maximum absolute atomic E-state index is 6.49. The summed E-state index contributed by atoms with van der Waals surface area (Å²) in [7, 11) is 0. The molecule has 1 heterocycles. The fraction of sp³-hybridized carbons (Fsp3) is 0.467. The summed E-state index contributed by atoms with van der Waals surface area (Å²) in [6.45, 7) is 2.14. The first-order valence-corrected chi connectivity index (χ1v) is 6.60. The van der Waals surface area contributed by atoms with Gasteiger partial charge in [0, 0.05) is 22.6 Å². The fourth-order valence-corrected chi connectivity index (χ4v) is 3.28. The van der Waals surface area contributed by atoms with Crippen LogP contribution in [0, 0.1) is 12.8 Å². The molecule has 1 aromatic heterocycles. The summed E-state index contributed by atoms with van der Waals surface area (Å²) in [6, 6.07) is 8.69. The highest BCUT2D eigenvalue weighted by Gasteiger charge is 2.26. The van der Waals surface area contributed by atoms with Crippen LogP contribution in [0.3, 0.4) is 0 Å². The van der Waals surface area contributed by atoms with Crippen molar-refractivity contribution in [3.63, 3.8) is 0 Å². The fourth-order valence-electron chi connectivity index (χ4n) is 3.28. The molecule has 0 amide bonds. The SMILES string of the molecule is Cc1[nH]c2ccccc2c1C(N)C1CCCC1. The number of hydrogen-bond acceptors (Lipinski definition) is 1. The molecular formula is C15H20N2. The van der Waals surface area contributed by atoms with E-state index in [-0.39, 0.29) is 6.04 Å². The molecule has 3 rings (SSSR count). The molecule has 0 aliphatic heterocycles. The van der Waals surface area contributed by atoms with Crippen LogP contribution in [0.2, 0.25) is 0 Å². The molecule has 0 spiro atoms. The summed E-state index contributed by atoms with van der Waals surface area (Å²) < 4.78 is 0. The molecule has 0 saturated heterocycles.